The first kappa shape index (κ1) is 13.8. The number of aliphatic hydroxyl groups excluding tert-OH is 1. The molecule has 0 aliphatic rings. The van der Waals surface area contributed by atoms with Crippen LogP contribution in [0, 0.1) is 0 Å². The Morgan fingerprint density at radius 2 is 2.21 bits per heavy atom. The lowest BCUT2D eigenvalue weighted by atomic mass is 10.2. The molecule has 2 aromatic rings. The summed E-state index contributed by atoms with van der Waals surface area (Å²) in [6.45, 7) is 5.00. The van der Waals surface area contributed by atoms with Gasteiger partial charge in [-0.25, -0.2) is 9.50 Å². The monoisotopic (exact) mass is 263 g/mol. The number of aromatic nitrogens is 3. The van der Waals surface area contributed by atoms with Gasteiger partial charge in [0.15, 0.2) is 5.82 Å². The number of hydrogen-bond acceptors (Lipinski definition) is 5. The van der Waals surface area contributed by atoms with Gasteiger partial charge in [-0.05, 0) is 38.1 Å². The van der Waals surface area contributed by atoms with E-state index in [-0.39, 0.29) is 6.61 Å². The minimum atomic E-state index is 0.214. The van der Waals surface area contributed by atoms with E-state index in [0.717, 1.165) is 43.7 Å². The second-order valence-electron chi connectivity index (χ2n) is 4.53. The highest BCUT2D eigenvalue weighted by Gasteiger charge is 2.07. The highest BCUT2D eigenvalue weighted by molar-refractivity contribution is 5.65. The van der Waals surface area contributed by atoms with E-state index in [2.05, 4.69) is 21.9 Å². The maximum Gasteiger partial charge on any atom is 0.151 e. The van der Waals surface area contributed by atoms with Crippen LogP contribution in [-0.2, 0) is 6.42 Å². The lowest BCUT2D eigenvalue weighted by Crippen LogP contribution is -2.28. The predicted molar refractivity (Wildman–Crippen MR) is 74.9 cm³/mol. The molecule has 0 saturated carbocycles. The summed E-state index contributed by atoms with van der Waals surface area (Å²) in [5.41, 5.74) is 7.80. The summed E-state index contributed by atoms with van der Waals surface area (Å²) in [6, 6.07) is 4.00. The molecule has 2 rings (SSSR count). The molecule has 0 aliphatic carbocycles. The third-order valence-corrected chi connectivity index (χ3v) is 3.33. The smallest absolute Gasteiger partial charge is 0.151 e. The number of likely N-dealkylation sites (N-methyl/N-ethyl adjacent to an activating group) is 1. The van der Waals surface area contributed by atoms with Gasteiger partial charge in [-0.15, -0.1) is 0 Å². The van der Waals surface area contributed by atoms with Crippen molar-refractivity contribution in [3.05, 3.63) is 24.2 Å². The zero-order valence-corrected chi connectivity index (χ0v) is 11.3. The fourth-order valence-electron chi connectivity index (χ4n) is 2.25. The van der Waals surface area contributed by atoms with Gasteiger partial charge in [0.25, 0.3) is 0 Å². The molecule has 0 amide bonds. The molecule has 0 aromatic carbocycles. The standard InChI is InChI=1S/C13H21N5O/c1-2-17(8-9-19)7-3-4-11-5-6-12-13(14)15-10-16-18(11)12/h5-6,10,19H,2-4,7-9H2,1H3,(H2,14,15,16). The Hall–Kier alpha value is -1.66. The average molecular weight is 263 g/mol. The molecule has 2 aromatic heterocycles. The molecule has 0 spiro atoms. The third-order valence-electron chi connectivity index (χ3n) is 3.33. The molecule has 0 saturated heterocycles. The van der Waals surface area contributed by atoms with E-state index in [1.54, 1.807) is 0 Å². The first-order valence-electron chi connectivity index (χ1n) is 6.66. The van der Waals surface area contributed by atoms with Crippen molar-refractivity contribution in [1.29, 1.82) is 0 Å². The molecule has 0 bridgehead atoms. The first-order chi connectivity index (χ1) is 9.26. The van der Waals surface area contributed by atoms with E-state index in [4.69, 9.17) is 10.8 Å². The Bertz CT molecular complexity index is 525. The summed E-state index contributed by atoms with van der Waals surface area (Å²) in [5, 5.41) is 13.2. The third kappa shape index (κ3) is 3.21. The van der Waals surface area contributed by atoms with Crippen LogP contribution in [0.1, 0.15) is 19.0 Å². The van der Waals surface area contributed by atoms with Gasteiger partial charge in [0.2, 0.25) is 0 Å². The molecule has 2 heterocycles. The first-order valence-corrected chi connectivity index (χ1v) is 6.66. The number of hydrogen-bond donors (Lipinski definition) is 2. The van der Waals surface area contributed by atoms with Crippen LogP contribution in [0.4, 0.5) is 5.82 Å². The second kappa shape index (κ2) is 6.49. The largest absolute Gasteiger partial charge is 0.395 e. The zero-order chi connectivity index (χ0) is 13.7. The van der Waals surface area contributed by atoms with Crippen LogP contribution in [0.3, 0.4) is 0 Å². The van der Waals surface area contributed by atoms with Crippen molar-refractivity contribution in [1.82, 2.24) is 19.5 Å². The molecule has 0 atom stereocenters. The van der Waals surface area contributed by atoms with Crippen LogP contribution in [0.2, 0.25) is 0 Å². The molecule has 0 unspecified atom stereocenters. The van der Waals surface area contributed by atoms with Crippen molar-refractivity contribution in [2.24, 2.45) is 0 Å². The molecular formula is C13H21N5O. The van der Waals surface area contributed by atoms with Crippen molar-refractivity contribution in [3.8, 4) is 0 Å². The van der Waals surface area contributed by atoms with E-state index in [1.807, 2.05) is 16.6 Å². The Morgan fingerprint density at radius 1 is 1.37 bits per heavy atom. The fourth-order valence-corrected chi connectivity index (χ4v) is 2.25. The number of nitrogens with two attached hydrogens (primary N) is 1. The van der Waals surface area contributed by atoms with Crippen molar-refractivity contribution in [2.45, 2.75) is 19.8 Å². The minimum Gasteiger partial charge on any atom is -0.395 e. The van der Waals surface area contributed by atoms with Crippen LogP contribution in [0.25, 0.3) is 5.52 Å². The van der Waals surface area contributed by atoms with Crippen LogP contribution in [0.5, 0.6) is 0 Å². The summed E-state index contributed by atoms with van der Waals surface area (Å²) >= 11 is 0. The Labute approximate surface area is 112 Å². The van der Waals surface area contributed by atoms with Crippen molar-refractivity contribution >= 4 is 11.3 Å². The Kier molecular flexibility index (Phi) is 4.70. The quantitative estimate of drug-likeness (QED) is 0.763. The number of aryl methyl sites for hydroxylation is 1. The van der Waals surface area contributed by atoms with E-state index in [9.17, 15) is 0 Å². The van der Waals surface area contributed by atoms with Gasteiger partial charge in [-0.2, -0.15) is 5.10 Å². The van der Waals surface area contributed by atoms with Crippen LogP contribution < -0.4 is 5.73 Å². The number of aliphatic hydroxyl groups is 1. The summed E-state index contributed by atoms with van der Waals surface area (Å²) in [6.07, 6.45) is 3.45. The molecular weight excluding hydrogens is 242 g/mol. The summed E-state index contributed by atoms with van der Waals surface area (Å²) in [4.78, 5) is 6.21. The number of rotatable bonds is 7. The summed E-state index contributed by atoms with van der Waals surface area (Å²) in [7, 11) is 0. The molecule has 3 N–H and O–H groups in total. The van der Waals surface area contributed by atoms with E-state index < -0.39 is 0 Å². The van der Waals surface area contributed by atoms with Gasteiger partial charge in [0, 0.05) is 12.2 Å². The Balaban J connectivity index is 1.97. The summed E-state index contributed by atoms with van der Waals surface area (Å²) < 4.78 is 1.85. The topological polar surface area (TPSA) is 79.7 Å². The maximum atomic E-state index is 8.95. The van der Waals surface area contributed by atoms with Gasteiger partial charge in [0.05, 0.1) is 6.61 Å². The van der Waals surface area contributed by atoms with Gasteiger partial charge >= 0.3 is 0 Å². The molecule has 6 heteroatoms. The molecule has 0 radical (unpaired) electrons. The second-order valence-corrected chi connectivity index (χ2v) is 4.53. The number of fused-ring (bicyclic) bond motifs is 1. The van der Waals surface area contributed by atoms with E-state index in [0.29, 0.717) is 5.82 Å². The number of anilines is 1. The van der Waals surface area contributed by atoms with Gasteiger partial charge in [0.1, 0.15) is 11.8 Å². The van der Waals surface area contributed by atoms with Crippen molar-refractivity contribution in [3.63, 3.8) is 0 Å². The molecule has 19 heavy (non-hydrogen) atoms. The number of nitrogen functional groups attached to an aromatic ring is 1. The van der Waals surface area contributed by atoms with Crippen LogP contribution >= 0.6 is 0 Å². The maximum absolute atomic E-state index is 8.95. The van der Waals surface area contributed by atoms with Crippen molar-refractivity contribution < 1.29 is 5.11 Å². The summed E-state index contributed by atoms with van der Waals surface area (Å²) in [5.74, 6) is 0.511. The highest BCUT2D eigenvalue weighted by Crippen LogP contribution is 2.14. The predicted octanol–water partition coefficient (Wildman–Crippen LogP) is 0.558. The average Bonchev–Trinajstić information content (AvgIpc) is 2.83. The fraction of sp³-hybridized carbons (Fsp3) is 0.538. The highest BCUT2D eigenvalue weighted by atomic mass is 16.3. The van der Waals surface area contributed by atoms with Gasteiger partial charge in [-0.1, -0.05) is 6.92 Å². The molecule has 104 valence electrons. The molecule has 0 fully saturated rings. The van der Waals surface area contributed by atoms with Crippen molar-refractivity contribution in [2.75, 3.05) is 32.0 Å². The van der Waals surface area contributed by atoms with Crippen LogP contribution in [0.15, 0.2) is 18.5 Å². The zero-order valence-electron chi connectivity index (χ0n) is 11.3. The SMILES string of the molecule is CCN(CCO)CCCc1ccc2c(N)ncnn12. The van der Waals surface area contributed by atoms with Gasteiger partial charge < -0.3 is 15.7 Å². The Morgan fingerprint density at radius 3 is 2.95 bits per heavy atom. The lowest BCUT2D eigenvalue weighted by Gasteiger charge is -2.18. The van der Waals surface area contributed by atoms with E-state index in [1.165, 1.54) is 6.33 Å². The lowest BCUT2D eigenvalue weighted by molar-refractivity contribution is 0.200. The molecule has 0 aliphatic heterocycles. The molecule has 6 nitrogen and oxygen atoms in total. The van der Waals surface area contributed by atoms with Crippen LogP contribution in [-0.4, -0.2) is 50.8 Å². The minimum absolute atomic E-state index is 0.214. The normalized spacial score (nSPS) is 11.5. The van der Waals surface area contributed by atoms with E-state index >= 15 is 0 Å². The van der Waals surface area contributed by atoms with Gasteiger partial charge in [-0.3, -0.25) is 0 Å². The number of nitrogens with zero attached hydrogens (tertiary/aromatic N) is 4.